The fourth-order valence-electron chi connectivity index (χ4n) is 1.04. The number of hydrogen-bond donors (Lipinski definition) is 3. The Morgan fingerprint density at radius 2 is 2.20 bits per heavy atom. The van der Waals surface area contributed by atoms with Gasteiger partial charge in [0.2, 0.25) is 5.91 Å². The number of rotatable bonds is 3. The second-order valence-corrected chi connectivity index (χ2v) is 4.03. The van der Waals surface area contributed by atoms with Crippen molar-refractivity contribution in [3.8, 4) is 0 Å². The number of nitrogens with one attached hydrogen (secondary N) is 2. The molecule has 4 N–H and O–H groups in total. The van der Waals surface area contributed by atoms with Gasteiger partial charge in [-0.1, -0.05) is 30.0 Å². The van der Waals surface area contributed by atoms with Crippen molar-refractivity contribution in [1.29, 1.82) is 5.41 Å². The number of thioether (sulfide) groups is 1. The molecule has 0 atom stereocenters. The summed E-state index contributed by atoms with van der Waals surface area (Å²) in [6, 6.07) is 7.54. The van der Waals surface area contributed by atoms with Crippen molar-refractivity contribution < 1.29 is 4.79 Å². The van der Waals surface area contributed by atoms with Gasteiger partial charge in [-0.2, -0.15) is 0 Å². The van der Waals surface area contributed by atoms with Gasteiger partial charge >= 0.3 is 0 Å². The number of nitrogens with two attached hydrogens (primary N) is 1. The number of carbonyl (C=O) groups excluding carboxylic acids is 1. The lowest BCUT2D eigenvalue weighted by atomic mass is 10.2. The van der Waals surface area contributed by atoms with E-state index in [1.165, 1.54) is 0 Å². The van der Waals surface area contributed by atoms with Crippen LogP contribution in [0.5, 0.6) is 0 Å². The second kappa shape index (κ2) is 5.41. The number of anilines is 1. The molecule has 0 fully saturated rings. The minimum absolute atomic E-state index is 0.0464. The number of hydrogen-bond acceptors (Lipinski definition) is 3. The van der Waals surface area contributed by atoms with E-state index < -0.39 is 0 Å². The molecule has 0 aromatic heterocycles. The Bertz CT molecular complexity index is 379. The standard InChI is InChI=1S/C10H13N3OS/c1-7-4-2-3-5-8(7)13-9(14)6-15-10(11)12/h2-5H,6H2,1H3,(H3,11,12)(H,13,14). The molecule has 0 heterocycles. The van der Waals surface area contributed by atoms with Gasteiger partial charge in [0.25, 0.3) is 0 Å². The molecular weight excluding hydrogens is 210 g/mol. The minimum atomic E-state index is -0.149. The molecule has 80 valence electrons. The lowest BCUT2D eigenvalue weighted by molar-refractivity contribution is -0.113. The summed E-state index contributed by atoms with van der Waals surface area (Å²) in [4.78, 5) is 11.4. The molecule has 4 nitrogen and oxygen atoms in total. The van der Waals surface area contributed by atoms with Gasteiger partial charge in [-0.3, -0.25) is 10.2 Å². The van der Waals surface area contributed by atoms with Gasteiger partial charge in [0.05, 0.1) is 5.75 Å². The fourth-order valence-corrected chi connectivity index (χ4v) is 1.40. The summed E-state index contributed by atoms with van der Waals surface area (Å²) in [6.45, 7) is 1.92. The largest absolute Gasteiger partial charge is 0.379 e. The number of amidine groups is 1. The zero-order chi connectivity index (χ0) is 11.3. The molecule has 1 amide bonds. The van der Waals surface area contributed by atoms with Crippen LogP contribution in [-0.4, -0.2) is 16.8 Å². The molecule has 1 aromatic rings. The smallest absolute Gasteiger partial charge is 0.234 e. The molecule has 15 heavy (non-hydrogen) atoms. The lowest BCUT2D eigenvalue weighted by Crippen LogP contribution is -2.17. The second-order valence-electron chi connectivity index (χ2n) is 3.02. The van der Waals surface area contributed by atoms with Crippen LogP contribution in [0.1, 0.15) is 5.56 Å². The normalized spacial score (nSPS) is 9.67. The van der Waals surface area contributed by atoms with Crippen LogP contribution in [0.15, 0.2) is 24.3 Å². The van der Waals surface area contributed by atoms with Gasteiger partial charge in [-0.05, 0) is 18.6 Å². The average molecular weight is 223 g/mol. The predicted octanol–water partition coefficient (Wildman–Crippen LogP) is 1.56. The van der Waals surface area contributed by atoms with Crippen molar-refractivity contribution in [1.82, 2.24) is 0 Å². The van der Waals surface area contributed by atoms with Crippen molar-refractivity contribution in [2.24, 2.45) is 5.73 Å². The Kier molecular flexibility index (Phi) is 4.17. The van der Waals surface area contributed by atoms with Crippen LogP contribution in [0, 0.1) is 12.3 Å². The number of benzene rings is 1. The van der Waals surface area contributed by atoms with Crippen LogP contribution in [0.2, 0.25) is 0 Å². The first-order chi connectivity index (χ1) is 7.09. The summed E-state index contributed by atoms with van der Waals surface area (Å²) in [5, 5.41) is 9.68. The van der Waals surface area contributed by atoms with Crippen molar-refractivity contribution in [2.75, 3.05) is 11.1 Å². The molecule has 0 aliphatic rings. The highest BCUT2D eigenvalue weighted by Gasteiger charge is 2.04. The van der Waals surface area contributed by atoms with Crippen molar-refractivity contribution >= 4 is 28.5 Å². The molecule has 5 heteroatoms. The maximum atomic E-state index is 11.4. The van der Waals surface area contributed by atoms with Crippen LogP contribution in [0.4, 0.5) is 5.69 Å². The quantitative estimate of drug-likeness (QED) is 0.537. The first-order valence-electron chi connectivity index (χ1n) is 4.42. The molecule has 0 spiro atoms. The fraction of sp³-hybridized carbons (Fsp3) is 0.200. The van der Waals surface area contributed by atoms with Crippen LogP contribution >= 0.6 is 11.8 Å². The first kappa shape index (κ1) is 11.6. The van der Waals surface area contributed by atoms with Gasteiger partial charge in [-0.15, -0.1) is 0 Å². The van der Waals surface area contributed by atoms with E-state index in [1.54, 1.807) is 0 Å². The highest BCUT2D eigenvalue weighted by atomic mass is 32.2. The summed E-state index contributed by atoms with van der Waals surface area (Å²) in [7, 11) is 0. The molecule has 0 saturated carbocycles. The zero-order valence-electron chi connectivity index (χ0n) is 8.41. The maximum absolute atomic E-state index is 11.4. The van der Waals surface area contributed by atoms with Crippen LogP contribution in [-0.2, 0) is 4.79 Å². The van der Waals surface area contributed by atoms with E-state index in [4.69, 9.17) is 11.1 Å². The van der Waals surface area contributed by atoms with Crippen molar-refractivity contribution in [3.63, 3.8) is 0 Å². The van der Waals surface area contributed by atoms with Gasteiger partial charge in [0.15, 0.2) is 5.17 Å². The molecule has 0 aliphatic carbocycles. The van der Waals surface area contributed by atoms with E-state index in [0.29, 0.717) is 0 Å². The number of carbonyl (C=O) groups is 1. The molecule has 1 aromatic carbocycles. The number of amides is 1. The Balaban J connectivity index is 2.52. The molecule has 0 unspecified atom stereocenters. The van der Waals surface area contributed by atoms with E-state index >= 15 is 0 Å². The van der Waals surface area contributed by atoms with Crippen molar-refractivity contribution in [2.45, 2.75) is 6.92 Å². The zero-order valence-corrected chi connectivity index (χ0v) is 9.23. The minimum Gasteiger partial charge on any atom is -0.379 e. The third kappa shape index (κ3) is 4.03. The maximum Gasteiger partial charge on any atom is 0.234 e. The number of aryl methyl sites for hydroxylation is 1. The monoisotopic (exact) mass is 223 g/mol. The van der Waals surface area contributed by atoms with E-state index in [1.807, 2.05) is 31.2 Å². The third-order valence-corrected chi connectivity index (χ3v) is 2.50. The molecule has 0 radical (unpaired) electrons. The molecule has 0 saturated heterocycles. The Morgan fingerprint density at radius 1 is 1.53 bits per heavy atom. The molecular formula is C10H13N3OS. The lowest BCUT2D eigenvalue weighted by Gasteiger charge is -2.07. The third-order valence-electron chi connectivity index (χ3n) is 1.78. The Hall–Kier alpha value is -1.49. The SMILES string of the molecule is Cc1ccccc1NC(=O)CSC(=N)N. The topological polar surface area (TPSA) is 79.0 Å². The Labute approximate surface area is 92.8 Å². The van der Waals surface area contributed by atoms with Gasteiger partial charge < -0.3 is 11.1 Å². The average Bonchev–Trinajstić information content (AvgIpc) is 2.18. The highest BCUT2D eigenvalue weighted by Crippen LogP contribution is 2.13. The van der Waals surface area contributed by atoms with Gasteiger partial charge in [0, 0.05) is 5.69 Å². The van der Waals surface area contributed by atoms with Crippen molar-refractivity contribution in [3.05, 3.63) is 29.8 Å². The van der Waals surface area contributed by atoms with Crippen LogP contribution in [0.3, 0.4) is 0 Å². The van der Waals surface area contributed by atoms with E-state index in [0.717, 1.165) is 23.0 Å². The highest BCUT2D eigenvalue weighted by molar-refractivity contribution is 8.14. The van der Waals surface area contributed by atoms with E-state index in [2.05, 4.69) is 5.32 Å². The van der Waals surface area contributed by atoms with Gasteiger partial charge in [-0.25, -0.2) is 0 Å². The van der Waals surface area contributed by atoms with E-state index in [9.17, 15) is 4.79 Å². The molecule has 1 rings (SSSR count). The summed E-state index contributed by atoms with van der Waals surface area (Å²) >= 11 is 1.01. The van der Waals surface area contributed by atoms with E-state index in [-0.39, 0.29) is 16.8 Å². The number of para-hydroxylation sites is 1. The molecule has 0 aliphatic heterocycles. The predicted molar refractivity (Wildman–Crippen MR) is 64.2 cm³/mol. The van der Waals surface area contributed by atoms with Crippen LogP contribution < -0.4 is 11.1 Å². The van der Waals surface area contributed by atoms with Crippen LogP contribution in [0.25, 0.3) is 0 Å². The summed E-state index contributed by atoms with van der Waals surface area (Å²) < 4.78 is 0. The molecule has 0 bridgehead atoms. The Morgan fingerprint density at radius 3 is 2.80 bits per heavy atom. The summed E-state index contributed by atoms with van der Waals surface area (Å²) in [5.74, 6) is 0.0217. The van der Waals surface area contributed by atoms with Gasteiger partial charge in [0.1, 0.15) is 0 Å². The summed E-state index contributed by atoms with van der Waals surface area (Å²) in [6.07, 6.45) is 0. The first-order valence-corrected chi connectivity index (χ1v) is 5.40. The summed E-state index contributed by atoms with van der Waals surface area (Å²) in [5.41, 5.74) is 6.94.